The van der Waals surface area contributed by atoms with Crippen LogP contribution in [0.15, 0.2) is 35.2 Å². The Morgan fingerprint density at radius 3 is 2.67 bits per heavy atom. The monoisotopic (exact) mass is 240 g/mol. The molecule has 1 aromatic carbocycles. The molecule has 1 unspecified atom stereocenters. The van der Waals surface area contributed by atoms with Crippen LogP contribution in [0, 0.1) is 11.8 Å². The zero-order chi connectivity index (χ0) is 11.1. The highest BCUT2D eigenvalue weighted by atomic mass is 32.8. The minimum Gasteiger partial charge on any atom is -0.285 e. The summed E-state index contributed by atoms with van der Waals surface area (Å²) in [6.45, 7) is 2.06. The van der Waals surface area contributed by atoms with E-state index < -0.39 is 8.77 Å². The first kappa shape index (κ1) is 12.2. The average Bonchev–Trinajstić information content (AvgIpc) is 2.26. The summed E-state index contributed by atoms with van der Waals surface area (Å²) in [5, 5.41) is 0. The van der Waals surface area contributed by atoms with Crippen molar-refractivity contribution >= 4 is 20.0 Å². The maximum absolute atomic E-state index is 11.9. The molecule has 1 aromatic rings. The van der Waals surface area contributed by atoms with Gasteiger partial charge >= 0.3 is 0 Å². The molecule has 0 aliphatic rings. The zero-order valence-electron chi connectivity index (χ0n) is 8.43. The molecule has 0 saturated carbocycles. The van der Waals surface area contributed by atoms with Crippen molar-refractivity contribution in [2.45, 2.75) is 18.2 Å². The maximum atomic E-state index is 11.9. The topological polar surface area (TPSA) is 26.3 Å². The van der Waals surface area contributed by atoms with Gasteiger partial charge in [-0.2, -0.15) is 0 Å². The molecular weight excluding hydrogens is 228 g/mol. The fourth-order valence-corrected chi connectivity index (χ4v) is 2.45. The van der Waals surface area contributed by atoms with Gasteiger partial charge < -0.3 is 0 Å². The van der Waals surface area contributed by atoms with Gasteiger partial charge in [0.25, 0.3) is 0 Å². The smallest absolute Gasteiger partial charge is 0.173 e. The molecule has 0 amide bonds. The summed E-state index contributed by atoms with van der Waals surface area (Å²) in [4.78, 5) is 0.546. The molecule has 0 aromatic heterocycles. The van der Waals surface area contributed by atoms with E-state index in [0.717, 1.165) is 0 Å². The third kappa shape index (κ3) is 4.00. The Balaban J connectivity index is 2.63. The van der Waals surface area contributed by atoms with Crippen LogP contribution >= 0.6 is 0 Å². The Morgan fingerprint density at radius 2 is 2.07 bits per heavy atom. The summed E-state index contributed by atoms with van der Waals surface area (Å²) in [5.41, 5.74) is 0. The summed E-state index contributed by atoms with van der Waals surface area (Å²) >= 11 is 4.92. The normalized spacial score (nSPS) is 13.7. The molecule has 0 saturated heterocycles. The molecule has 1 rings (SSSR count). The second-order valence-electron chi connectivity index (χ2n) is 2.77. The van der Waals surface area contributed by atoms with Crippen LogP contribution < -0.4 is 0 Å². The lowest BCUT2D eigenvalue weighted by molar-refractivity contribution is 0.356. The van der Waals surface area contributed by atoms with E-state index in [2.05, 4.69) is 11.8 Å². The van der Waals surface area contributed by atoms with Crippen molar-refractivity contribution in [3.63, 3.8) is 0 Å². The highest BCUT2D eigenvalue weighted by Gasteiger charge is 2.08. The van der Waals surface area contributed by atoms with Gasteiger partial charge in [0.2, 0.25) is 0 Å². The number of hydrogen-bond acceptors (Lipinski definition) is 3. The van der Waals surface area contributed by atoms with Crippen molar-refractivity contribution in [2.75, 3.05) is 6.61 Å². The third-order valence-electron chi connectivity index (χ3n) is 1.67. The summed E-state index contributed by atoms with van der Waals surface area (Å²) in [5.74, 6) is 5.56. The van der Waals surface area contributed by atoms with E-state index in [4.69, 9.17) is 15.4 Å². The lowest BCUT2D eigenvalue weighted by Crippen LogP contribution is -2.05. The summed E-state index contributed by atoms with van der Waals surface area (Å²) in [6.07, 6.45) is 0.553. The van der Waals surface area contributed by atoms with Crippen molar-refractivity contribution in [2.24, 2.45) is 0 Å². The largest absolute Gasteiger partial charge is 0.285 e. The summed E-state index contributed by atoms with van der Waals surface area (Å²) in [6, 6.07) is 8.84. The van der Waals surface area contributed by atoms with E-state index in [0.29, 0.717) is 17.9 Å². The number of rotatable bonds is 4. The minimum atomic E-state index is -2.78. The molecule has 0 spiro atoms. The van der Waals surface area contributed by atoms with Gasteiger partial charge in [-0.25, -0.2) is 4.21 Å². The van der Waals surface area contributed by atoms with Gasteiger partial charge in [0.05, 0.1) is 11.5 Å². The van der Waals surface area contributed by atoms with Crippen molar-refractivity contribution in [1.82, 2.24) is 0 Å². The Kier molecular flexibility index (Phi) is 4.76. The van der Waals surface area contributed by atoms with E-state index in [1.807, 2.05) is 6.07 Å². The van der Waals surface area contributed by atoms with E-state index in [-0.39, 0.29) is 0 Å². The van der Waals surface area contributed by atoms with E-state index in [1.54, 1.807) is 31.2 Å². The molecule has 0 radical (unpaired) electrons. The van der Waals surface area contributed by atoms with Gasteiger partial charge in [-0.05, 0) is 19.1 Å². The number of hydrogen-bond donors (Lipinski definition) is 0. The van der Waals surface area contributed by atoms with Crippen molar-refractivity contribution < 1.29 is 8.39 Å². The lowest BCUT2D eigenvalue weighted by Gasteiger charge is -2.06. The van der Waals surface area contributed by atoms with Gasteiger partial charge in [0.15, 0.2) is 8.77 Å². The van der Waals surface area contributed by atoms with Crippen LogP contribution in [0.5, 0.6) is 0 Å². The van der Waals surface area contributed by atoms with Gasteiger partial charge in [-0.15, -0.1) is 11.8 Å². The first-order valence-electron chi connectivity index (χ1n) is 4.51. The van der Waals surface area contributed by atoms with Crippen LogP contribution in [0.3, 0.4) is 0 Å². The molecule has 0 N–H and O–H groups in total. The SMILES string of the molecule is CC#CCCOS(=O)(=S)c1ccccc1. The van der Waals surface area contributed by atoms with Crippen molar-refractivity contribution in [3.8, 4) is 11.8 Å². The molecule has 4 heteroatoms. The maximum Gasteiger partial charge on any atom is 0.173 e. The predicted molar refractivity (Wildman–Crippen MR) is 64.2 cm³/mol. The number of benzene rings is 1. The van der Waals surface area contributed by atoms with Crippen LogP contribution in [-0.4, -0.2) is 10.8 Å². The molecule has 0 bridgehead atoms. The first-order chi connectivity index (χ1) is 7.17. The quantitative estimate of drug-likeness (QED) is 0.596. The average molecular weight is 240 g/mol. The van der Waals surface area contributed by atoms with E-state index >= 15 is 0 Å². The van der Waals surface area contributed by atoms with E-state index in [9.17, 15) is 4.21 Å². The molecule has 15 heavy (non-hydrogen) atoms. The van der Waals surface area contributed by atoms with Crippen LogP contribution in [0.2, 0.25) is 0 Å². The Morgan fingerprint density at radius 1 is 1.40 bits per heavy atom. The fraction of sp³-hybridized carbons (Fsp3) is 0.273. The molecule has 0 aliphatic heterocycles. The first-order valence-corrected chi connectivity index (χ1v) is 6.92. The second-order valence-corrected chi connectivity index (χ2v) is 5.70. The minimum absolute atomic E-state index is 0.304. The third-order valence-corrected chi connectivity index (χ3v) is 3.87. The van der Waals surface area contributed by atoms with E-state index in [1.165, 1.54) is 0 Å². The highest BCUT2D eigenvalue weighted by molar-refractivity contribution is 8.30. The van der Waals surface area contributed by atoms with Gasteiger partial charge in [0.1, 0.15) is 0 Å². The van der Waals surface area contributed by atoms with Gasteiger partial charge in [-0.1, -0.05) is 18.2 Å². The van der Waals surface area contributed by atoms with Crippen LogP contribution in [0.1, 0.15) is 13.3 Å². The standard InChI is InChI=1S/C11H12O2S2/c1-2-3-7-10-13-15(12,14)11-8-5-4-6-9-11/h4-6,8-9H,7,10H2,1H3. The fourth-order valence-electron chi connectivity index (χ4n) is 0.983. The van der Waals surface area contributed by atoms with Crippen LogP contribution in [0.25, 0.3) is 0 Å². The molecule has 0 fully saturated rings. The second kappa shape index (κ2) is 5.86. The van der Waals surface area contributed by atoms with Crippen LogP contribution in [-0.2, 0) is 24.1 Å². The Hall–Kier alpha value is -0.890. The Labute approximate surface area is 95.5 Å². The lowest BCUT2D eigenvalue weighted by atomic mass is 10.4. The summed E-state index contributed by atoms with van der Waals surface area (Å²) < 4.78 is 17.1. The zero-order valence-corrected chi connectivity index (χ0v) is 10.1. The molecule has 1 atom stereocenters. The molecule has 2 nitrogen and oxygen atoms in total. The van der Waals surface area contributed by atoms with Crippen molar-refractivity contribution in [3.05, 3.63) is 30.3 Å². The molecular formula is C11H12O2S2. The molecule has 80 valence electrons. The Bertz CT molecular complexity index is 452. The molecule has 0 heterocycles. The van der Waals surface area contributed by atoms with Crippen LogP contribution in [0.4, 0.5) is 0 Å². The highest BCUT2D eigenvalue weighted by Crippen LogP contribution is 2.11. The molecule has 0 aliphatic carbocycles. The van der Waals surface area contributed by atoms with Gasteiger partial charge in [0, 0.05) is 17.6 Å². The van der Waals surface area contributed by atoms with Gasteiger partial charge in [-0.3, -0.25) is 4.18 Å². The van der Waals surface area contributed by atoms with Crippen molar-refractivity contribution in [1.29, 1.82) is 0 Å². The summed E-state index contributed by atoms with van der Waals surface area (Å²) in [7, 11) is -2.78. The predicted octanol–water partition coefficient (Wildman–Crippen LogP) is 2.14.